The molecule has 0 radical (unpaired) electrons. The minimum absolute atomic E-state index is 0.379. The molecule has 48 valence electrons. The lowest BCUT2D eigenvalue weighted by Gasteiger charge is -2.02. The first-order chi connectivity index (χ1) is 4.06. The Labute approximate surface area is 57.7 Å². The van der Waals surface area contributed by atoms with Gasteiger partial charge in [0.15, 0.2) is 0 Å². The fraction of sp³-hybridized carbons (Fsp3) is 0.571. The number of hydrogen-bond acceptors (Lipinski definition) is 1. The molecule has 0 aromatic rings. The monoisotopic (exact) mass is 137 g/mol. The number of rotatable bonds is 0. The van der Waals surface area contributed by atoms with Gasteiger partial charge in [-0.1, -0.05) is 25.6 Å². The van der Waals surface area contributed by atoms with Crippen LogP contribution in [0.4, 0.5) is 0 Å². The lowest BCUT2D eigenvalue weighted by atomic mass is 10.5. The van der Waals surface area contributed by atoms with Crippen molar-refractivity contribution in [3.05, 3.63) is 0 Å². The molecule has 0 fully saturated rings. The van der Waals surface area contributed by atoms with Crippen LogP contribution in [0, 0.1) is 22.8 Å². The van der Waals surface area contributed by atoms with Gasteiger partial charge >= 0.3 is 0 Å². The summed E-state index contributed by atoms with van der Waals surface area (Å²) in [6.07, 6.45) is 0.379. The van der Waals surface area contributed by atoms with E-state index in [2.05, 4.69) is 31.1 Å². The molecule has 0 heterocycles. The fourth-order valence-corrected chi connectivity index (χ4v) is 0.968. The molecule has 0 aromatic carbocycles. The summed E-state index contributed by atoms with van der Waals surface area (Å²) in [7, 11) is -1.21. The first-order valence-corrected chi connectivity index (χ1v) is 6.43. The van der Waals surface area contributed by atoms with Crippen LogP contribution in [0.15, 0.2) is 0 Å². The van der Waals surface area contributed by atoms with Gasteiger partial charge in [0.25, 0.3) is 0 Å². The molecule has 0 aliphatic carbocycles. The predicted molar refractivity (Wildman–Crippen MR) is 41.4 cm³/mol. The standard InChI is InChI=1S/C7H11NSi/c1-9(2,3)7-5-4-6-8/h4H2,1-3H3. The third-order valence-electron chi connectivity index (χ3n) is 0.631. The summed E-state index contributed by atoms with van der Waals surface area (Å²) in [4.78, 5) is 0. The number of hydrogen-bond donors (Lipinski definition) is 0. The topological polar surface area (TPSA) is 23.8 Å². The second-order valence-electron chi connectivity index (χ2n) is 2.89. The minimum atomic E-state index is -1.21. The molecule has 1 nitrogen and oxygen atoms in total. The zero-order valence-corrected chi connectivity index (χ0v) is 7.15. The van der Waals surface area contributed by atoms with Crippen molar-refractivity contribution in [3.63, 3.8) is 0 Å². The van der Waals surface area contributed by atoms with Gasteiger partial charge in [-0.3, -0.25) is 0 Å². The molecule has 9 heavy (non-hydrogen) atoms. The van der Waals surface area contributed by atoms with Gasteiger partial charge in [0.1, 0.15) is 8.07 Å². The maximum atomic E-state index is 8.13. The highest BCUT2D eigenvalue weighted by molar-refractivity contribution is 6.83. The summed E-state index contributed by atoms with van der Waals surface area (Å²) in [6, 6.07) is 1.99. The molecule has 0 saturated heterocycles. The van der Waals surface area contributed by atoms with E-state index in [4.69, 9.17) is 5.26 Å². The van der Waals surface area contributed by atoms with Crippen molar-refractivity contribution in [2.24, 2.45) is 0 Å². The maximum absolute atomic E-state index is 8.13. The van der Waals surface area contributed by atoms with Gasteiger partial charge in [-0.15, -0.1) is 5.54 Å². The van der Waals surface area contributed by atoms with Crippen LogP contribution < -0.4 is 0 Å². The Bertz CT molecular complexity index is 172. The number of nitriles is 1. The molecule has 0 rings (SSSR count). The fourth-order valence-electron chi connectivity index (χ4n) is 0.349. The molecule has 0 bridgehead atoms. The first kappa shape index (κ1) is 8.27. The van der Waals surface area contributed by atoms with Crippen LogP contribution in [0.3, 0.4) is 0 Å². The highest BCUT2D eigenvalue weighted by atomic mass is 28.3. The Hall–Kier alpha value is -0.733. The Morgan fingerprint density at radius 2 is 1.89 bits per heavy atom. The lowest BCUT2D eigenvalue weighted by molar-refractivity contribution is 1.40. The van der Waals surface area contributed by atoms with Crippen molar-refractivity contribution in [2.45, 2.75) is 26.1 Å². The zero-order valence-electron chi connectivity index (χ0n) is 6.15. The second-order valence-corrected chi connectivity index (χ2v) is 7.64. The molecule has 2 heteroatoms. The SMILES string of the molecule is C[Si](C)(C)C#CCC#N. The van der Waals surface area contributed by atoms with Gasteiger partial charge < -0.3 is 0 Å². The highest BCUT2D eigenvalue weighted by Gasteiger charge is 2.06. The smallest absolute Gasteiger partial charge is 0.129 e. The van der Waals surface area contributed by atoms with Crippen LogP contribution in [0.2, 0.25) is 19.6 Å². The third kappa shape index (κ3) is 7.27. The molecule has 0 saturated carbocycles. The van der Waals surface area contributed by atoms with Crippen molar-refractivity contribution in [1.82, 2.24) is 0 Å². The molecule has 0 aliphatic heterocycles. The van der Waals surface area contributed by atoms with E-state index in [1.165, 1.54) is 0 Å². The van der Waals surface area contributed by atoms with E-state index in [0.717, 1.165) is 0 Å². The molecule has 0 aromatic heterocycles. The average Bonchev–Trinajstić information content (AvgIpc) is 1.63. The van der Waals surface area contributed by atoms with Crippen LogP contribution in [0.5, 0.6) is 0 Å². The normalized spacial score (nSPS) is 9.11. The molecule has 0 spiro atoms. The minimum Gasteiger partial charge on any atom is -0.197 e. The Kier molecular flexibility index (Phi) is 3.05. The summed E-state index contributed by atoms with van der Waals surface area (Å²) in [5.41, 5.74) is 3.09. The van der Waals surface area contributed by atoms with E-state index in [9.17, 15) is 0 Å². The largest absolute Gasteiger partial charge is 0.197 e. The summed E-state index contributed by atoms with van der Waals surface area (Å²) >= 11 is 0. The van der Waals surface area contributed by atoms with E-state index in [0.29, 0.717) is 6.42 Å². The molecule has 0 N–H and O–H groups in total. The van der Waals surface area contributed by atoms with Gasteiger partial charge in [0.05, 0.1) is 12.5 Å². The Morgan fingerprint density at radius 1 is 1.33 bits per heavy atom. The zero-order chi connectivity index (χ0) is 7.33. The van der Waals surface area contributed by atoms with Gasteiger partial charge in [-0.05, 0) is 0 Å². The molecular formula is C7H11NSi. The van der Waals surface area contributed by atoms with Gasteiger partial charge in [-0.25, -0.2) is 0 Å². The first-order valence-electron chi connectivity index (χ1n) is 2.93. The molecule has 0 atom stereocenters. The van der Waals surface area contributed by atoms with E-state index in [1.54, 1.807) is 0 Å². The predicted octanol–water partition coefficient (Wildman–Crippen LogP) is 1.78. The molecule has 0 amide bonds. The Morgan fingerprint density at radius 3 is 2.22 bits per heavy atom. The van der Waals surface area contributed by atoms with E-state index in [-0.39, 0.29) is 0 Å². The second kappa shape index (κ2) is 3.32. The van der Waals surface area contributed by atoms with Gasteiger partial charge in [-0.2, -0.15) is 5.26 Å². The van der Waals surface area contributed by atoms with Crippen LogP contribution in [-0.4, -0.2) is 8.07 Å². The van der Waals surface area contributed by atoms with E-state index in [1.807, 2.05) is 6.07 Å². The maximum Gasteiger partial charge on any atom is 0.129 e. The summed E-state index contributed by atoms with van der Waals surface area (Å²) in [5.74, 6) is 2.83. The van der Waals surface area contributed by atoms with Crippen LogP contribution in [-0.2, 0) is 0 Å². The molecule has 0 aliphatic rings. The highest BCUT2D eigenvalue weighted by Crippen LogP contribution is 1.95. The number of nitrogens with zero attached hydrogens (tertiary/aromatic N) is 1. The average molecular weight is 137 g/mol. The van der Waals surface area contributed by atoms with Crippen LogP contribution in [0.1, 0.15) is 6.42 Å². The Balaban J connectivity index is 3.77. The quantitative estimate of drug-likeness (QED) is 0.369. The van der Waals surface area contributed by atoms with Crippen molar-refractivity contribution in [3.8, 4) is 17.5 Å². The summed E-state index contributed by atoms with van der Waals surface area (Å²) in [5, 5.41) is 8.13. The van der Waals surface area contributed by atoms with Gasteiger partial charge in [0.2, 0.25) is 0 Å². The van der Waals surface area contributed by atoms with Crippen LogP contribution >= 0.6 is 0 Å². The van der Waals surface area contributed by atoms with Crippen molar-refractivity contribution in [1.29, 1.82) is 5.26 Å². The molecular weight excluding hydrogens is 126 g/mol. The van der Waals surface area contributed by atoms with Gasteiger partial charge in [0, 0.05) is 0 Å². The summed E-state index contributed by atoms with van der Waals surface area (Å²) < 4.78 is 0. The van der Waals surface area contributed by atoms with E-state index < -0.39 is 8.07 Å². The van der Waals surface area contributed by atoms with E-state index >= 15 is 0 Å². The van der Waals surface area contributed by atoms with Crippen molar-refractivity contribution >= 4 is 8.07 Å². The molecule has 0 unspecified atom stereocenters. The van der Waals surface area contributed by atoms with Crippen molar-refractivity contribution in [2.75, 3.05) is 0 Å². The van der Waals surface area contributed by atoms with Crippen molar-refractivity contribution < 1.29 is 0 Å². The summed E-state index contributed by atoms with van der Waals surface area (Å²) in [6.45, 7) is 6.49. The van der Waals surface area contributed by atoms with Crippen LogP contribution in [0.25, 0.3) is 0 Å². The lowest BCUT2D eigenvalue weighted by Crippen LogP contribution is -2.16. The third-order valence-corrected chi connectivity index (χ3v) is 1.56.